The predicted octanol–water partition coefficient (Wildman–Crippen LogP) is 2.28. The monoisotopic (exact) mass is 176 g/mol. The molecule has 0 saturated heterocycles. The molecule has 54 valence electrons. The normalized spacial score (nSPS) is 9.90. The molecule has 2 nitrogen and oxygen atoms in total. The van der Waals surface area contributed by atoms with Crippen LogP contribution in [0.15, 0.2) is 6.20 Å². The lowest BCUT2D eigenvalue weighted by Gasteiger charge is -2.01. The highest BCUT2D eigenvalue weighted by Crippen LogP contribution is 2.26. The maximum Gasteiger partial charge on any atom is 0.148 e. The minimum absolute atomic E-state index is 0.299. The van der Waals surface area contributed by atoms with Crippen molar-refractivity contribution >= 4 is 28.9 Å². The van der Waals surface area contributed by atoms with Crippen LogP contribution in [0.2, 0.25) is 10.2 Å². The molecule has 1 heterocycles. The van der Waals surface area contributed by atoms with Crippen LogP contribution in [0.5, 0.6) is 0 Å². The first-order chi connectivity index (χ1) is 4.63. The number of aromatic nitrogens is 1. The topological polar surface area (TPSA) is 38.9 Å². The van der Waals surface area contributed by atoms with Crippen molar-refractivity contribution in [1.82, 2.24) is 4.98 Å². The number of nitrogen functional groups attached to an aromatic ring is 1. The van der Waals surface area contributed by atoms with Crippen molar-refractivity contribution in [1.29, 1.82) is 0 Å². The summed E-state index contributed by atoms with van der Waals surface area (Å²) in [5.41, 5.74) is 6.83. The zero-order valence-corrected chi connectivity index (χ0v) is 6.87. The average molecular weight is 177 g/mol. The Hall–Kier alpha value is -0.470. The molecule has 2 N–H and O–H groups in total. The first-order valence-electron chi connectivity index (χ1n) is 2.69. The number of pyridine rings is 1. The second-order valence-electron chi connectivity index (χ2n) is 1.94. The molecule has 0 aliphatic rings. The summed E-state index contributed by atoms with van der Waals surface area (Å²) in [5.74, 6) is 0. The summed E-state index contributed by atoms with van der Waals surface area (Å²) in [7, 11) is 0. The molecular formula is C6H6Cl2N2. The molecule has 0 radical (unpaired) electrons. The number of hydrogen-bond donors (Lipinski definition) is 1. The van der Waals surface area contributed by atoms with E-state index in [9.17, 15) is 0 Å². The van der Waals surface area contributed by atoms with E-state index in [0.717, 1.165) is 5.56 Å². The number of hydrogen-bond acceptors (Lipinski definition) is 2. The van der Waals surface area contributed by atoms with Crippen molar-refractivity contribution < 1.29 is 0 Å². The van der Waals surface area contributed by atoms with Crippen molar-refractivity contribution in [2.75, 3.05) is 5.73 Å². The number of nitrogens with two attached hydrogens (primary N) is 1. The molecule has 1 aromatic rings. The van der Waals surface area contributed by atoms with E-state index in [-0.39, 0.29) is 0 Å². The highest BCUT2D eigenvalue weighted by molar-refractivity contribution is 6.41. The Morgan fingerprint density at radius 2 is 2.10 bits per heavy atom. The first-order valence-corrected chi connectivity index (χ1v) is 3.44. The summed E-state index contributed by atoms with van der Waals surface area (Å²) in [6.45, 7) is 1.80. The fourth-order valence-corrected chi connectivity index (χ4v) is 0.910. The van der Waals surface area contributed by atoms with Crippen molar-refractivity contribution in [3.8, 4) is 0 Å². The van der Waals surface area contributed by atoms with Crippen molar-refractivity contribution in [3.05, 3.63) is 21.9 Å². The molecule has 1 rings (SSSR count). The number of halogens is 2. The fraction of sp³-hybridized carbons (Fsp3) is 0.167. The maximum atomic E-state index is 5.71. The number of nitrogens with zero attached hydrogens (tertiary/aromatic N) is 1. The van der Waals surface area contributed by atoms with E-state index in [1.165, 1.54) is 6.20 Å². The number of rotatable bonds is 0. The third-order valence-corrected chi connectivity index (χ3v) is 2.11. The summed E-state index contributed by atoms with van der Waals surface area (Å²) in [4.78, 5) is 3.75. The Labute approximate surface area is 69.0 Å². The van der Waals surface area contributed by atoms with Gasteiger partial charge in [-0.15, -0.1) is 0 Å². The predicted molar refractivity (Wildman–Crippen MR) is 43.4 cm³/mol. The SMILES string of the molecule is Cc1c(N)cnc(Cl)c1Cl. The summed E-state index contributed by atoms with van der Waals surface area (Å²) in [6, 6.07) is 0. The Morgan fingerprint density at radius 3 is 2.60 bits per heavy atom. The lowest BCUT2D eigenvalue weighted by Crippen LogP contribution is -1.92. The van der Waals surface area contributed by atoms with Gasteiger partial charge in [0.15, 0.2) is 0 Å². The van der Waals surface area contributed by atoms with Gasteiger partial charge in [-0.1, -0.05) is 23.2 Å². The molecule has 0 unspecified atom stereocenters. The third kappa shape index (κ3) is 1.18. The Balaban J connectivity index is 3.34. The van der Waals surface area contributed by atoms with Gasteiger partial charge in [0.2, 0.25) is 0 Å². The average Bonchev–Trinajstić information content (AvgIpc) is 1.93. The quantitative estimate of drug-likeness (QED) is 0.617. The van der Waals surface area contributed by atoms with E-state index < -0.39 is 0 Å². The minimum atomic E-state index is 0.299. The molecular weight excluding hydrogens is 171 g/mol. The van der Waals surface area contributed by atoms with Gasteiger partial charge in [0, 0.05) is 0 Å². The second kappa shape index (κ2) is 2.64. The van der Waals surface area contributed by atoms with Gasteiger partial charge in [0.25, 0.3) is 0 Å². The summed E-state index contributed by atoms with van der Waals surface area (Å²) >= 11 is 11.3. The zero-order valence-electron chi connectivity index (χ0n) is 5.36. The lowest BCUT2D eigenvalue weighted by atomic mass is 10.3. The van der Waals surface area contributed by atoms with Gasteiger partial charge >= 0.3 is 0 Å². The molecule has 1 aromatic heterocycles. The van der Waals surface area contributed by atoms with Crippen LogP contribution < -0.4 is 5.73 Å². The molecule has 0 fully saturated rings. The molecule has 0 saturated carbocycles. The molecule has 0 amide bonds. The Bertz CT molecular complexity index is 233. The smallest absolute Gasteiger partial charge is 0.148 e. The summed E-state index contributed by atoms with van der Waals surface area (Å²) in [6.07, 6.45) is 1.49. The number of anilines is 1. The van der Waals surface area contributed by atoms with Crippen LogP contribution in [-0.4, -0.2) is 4.98 Å². The standard InChI is InChI=1S/C6H6Cl2N2/c1-3-4(9)2-10-6(8)5(3)7/h2H,9H2,1H3. The van der Waals surface area contributed by atoms with Gasteiger partial charge in [-0.3, -0.25) is 0 Å². The van der Waals surface area contributed by atoms with E-state index in [1.807, 2.05) is 0 Å². The highest BCUT2D eigenvalue weighted by atomic mass is 35.5. The van der Waals surface area contributed by atoms with Crippen molar-refractivity contribution in [2.24, 2.45) is 0 Å². The molecule has 0 aliphatic carbocycles. The van der Waals surface area contributed by atoms with Gasteiger partial charge < -0.3 is 5.73 Å². The fourth-order valence-electron chi connectivity index (χ4n) is 0.561. The minimum Gasteiger partial charge on any atom is -0.397 e. The summed E-state index contributed by atoms with van der Waals surface area (Å²) in [5, 5.41) is 0.732. The first kappa shape index (κ1) is 7.63. The van der Waals surface area contributed by atoms with Crippen LogP contribution in [0.25, 0.3) is 0 Å². The van der Waals surface area contributed by atoms with Gasteiger partial charge in [-0.25, -0.2) is 4.98 Å². The van der Waals surface area contributed by atoms with Gasteiger partial charge in [0.1, 0.15) is 5.15 Å². The second-order valence-corrected chi connectivity index (χ2v) is 2.68. The molecule has 0 bridgehead atoms. The molecule has 0 aromatic carbocycles. The van der Waals surface area contributed by atoms with Crippen LogP contribution >= 0.6 is 23.2 Å². The molecule has 10 heavy (non-hydrogen) atoms. The highest BCUT2D eigenvalue weighted by Gasteiger charge is 2.03. The summed E-state index contributed by atoms with van der Waals surface area (Å²) < 4.78 is 0. The molecule has 0 spiro atoms. The van der Waals surface area contributed by atoms with E-state index in [2.05, 4.69) is 4.98 Å². The van der Waals surface area contributed by atoms with Gasteiger partial charge in [-0.2, -0.15) is 0 Å². The lowest BCUT2D eigenvalue weighted by molar-refractivity contribution is 1.29. The van der Waals surface area contributed by atoms with Crippen LogP contribution in [0.3, 0.4) is 0 Å². The third-order valence-electron chi connectivity index (χ3n) is 1.26. The van der Waals surface area contributed by atoms with E-state index >= 15 is 0 Å². The van der Waals surface area contributed by atoms with Gasteiger partial charge in [-0.05, 0) is 12.5 Å². The van der Waals surface area contributed by atoms with Crippen molar-refractivity contribution in [2.45, 2.75) is 6.92 Å². The van der Waals surface area contributed by atoms with Crippen LogP contribution in [0.4, 0.5) is 5.69 Å². The van der Waals surface area contributed by atoms with Crippen LogP contribution in [-0.2, 0) is 0 Å². The van der Waals surface area contributed by atoms with Gasteiger partial charge in [0.05, 0.1) is 16.9 Å². The Kier molecular flexibility index (Phi) is 2.02. The van der Waals surface area contributed by atoms with Crippen LogP contribution in [0.1, 0.15) is 5.56 Å². The van der Waals surface area contributed by atoms with Crippen molar-refractivity contribution in [3.63, 3.8) is 0 Å². The van der Waals surface area contributed by atoms with Crippen LogP contribution in [0, 0.1) is 6.92 Å². The largest absolute Gasteiger partial charge is 0.397 e. The van der Waals surface area contributed by atoms with E-state index in [1.54, 1.807) is 6.92 Å². The van der Waals surface area contributed by atoms with E-state index in [0.29, 0.717) is 15.9 Å². The molecule has 0 atom stereocenters. The maximum absolute atomic E-state index is 5.71. The Morgan fingerprint density at radius 1 is 1.50 bits per heavy atom. The zero-order chi connectivity index (χ0) is 7.72. The molecule has 4 heteroatoms. The molecule has 0 aliphatic heterocycles. The van der Waals surface area contributed by atoms with E-state index in [4.69, 9.17) is 28.9 Å².